The van der Waals surface area contributed by atoms with Crippen molar-refractivity contribution in [2.45, 2.75) is 32.7 Å². The first-order valence-corrected chi connectivity index (χ1v) is 14.3. The number of hydrogen-bond acceptors (Lipinski definition) is 7. The minimum atomic E-state index is -0.330. The highest BCUT2D eigenvalue weighted by atomic mass is 32.1. The second kappa shape index (κ2) is 10.8. The number of rotatable bonds is 7. The molecule has 0 saturated carbocycles. The fourth-order valence-corrected chi connectivity index (χ4v) is 6.42. The number of likely N-dealkylation sites (tertiary alicyclic amines) is 1. The summed E-state index contributed by atoms with van der Waals surface area (Å²) < 4.78 is 11.8. The van der Waals surface area contributed by atoms with Crippen molar-refractivity contribution in [1.82, 2.24) is 15.2 Å². The summed E-state index contributed by atoms with van der Waals surface area (Å²) in [5.41, 5.74) is 2.78. The average Bonchev–Trinajstić information content (AvgIpc) is 3.30. The molecular formula is C30H31N5O4S. The van der Waals surface area contributed by atoms with E-state index < -0.39 is 0 Å². The smallest absolute Gasteiger partial charge is 0.331 e. The van der Waals surface area contributed by atoms with Gasteiger partial charge >= 0.3 is 6.03 Å². The van der Waals surface area contributed by atoms with Gasteiger partial charge in [0.25, 0.3) is 5.91 Å². The van der Waals surface area contributed by atoms with Crippen LogP contribution in [0.15, 0.2) is 54.7 Å². The molecule has 1 atom stereocenters. The molecule has 0 unspecified atom stereocenters. The maximum Gasteiger partial charge on any atom is 0.331 e. The van der Waals surface area contributed by atoms with E-state index in [1.54, 1.807) is 11.1 Å². The summed E-state index contributed by atoms with van der Waals surface area (Å²) in [6, 6.07) is 14.7. The first-order chi connectivity index (χ1) is 19.4. The molecule has 1 fully saturated rings. The number of aryl methyl sites for hydroxylation is 1. The van der Waals surface area contributed by atoms with Crippen LogP contribution in [-0.2, 0) is 0 Å². The number of carbonyl (C=O) groups is 2. The van der Waals surface area contributed by atoms with Crippen LogP contribution in [-0.4, -0.2) is 54.6 Å². The third kappa shape index (κ3) is 4.84. The van der Waals surface area contributed by atoms with Crippen LogP contribution >= 0.6 is 11.3 Å². The van der Waals surface area contributed by atoms with Gasteiger partial charge in [0.15, 0.2) is 11.5 Å². The lowest BCUT2D eigenvalue weighted by Crippen LogP contribution is -2.46. The molecule has 6 rings (SSSR count). The molecule has 2 N–H and O–H groups in total. The summed E-state index contributed by atoms with van der Waals surface area (Å²) in [7, 11) is 2.06. The third-order valence-electron chi connectivity index (χ3n) is 7.20. The Kier molecular flexibility index (Phi) is 7.03. The Morgan fingerprint density at radius 1 is 1.18 bits per heavy atom. The van der Waals surface area contributed by atoms with E-state index in [1.807, 2.05) is 62.4 Å². The molecule has 2 aromatic carbocycles. The van der Waals surface area contributed by atoms with Crippen molar-refractivity contribution in [3.8, 4) is 17.2 Å². The molecule has 2 aliphatic rings. The number of likely N-dealkylation sites (N-methyl/N-ethyl adjacent to an activating group) is 1. The van der Waals surface area contributed by atoms with Crippen molar-refractivity contribution in [1.29, 1.82) is 0 Å². The van der Waals surface area contributed by atoms with Crippen LogP contribution in [0.4, 0.5) is 21.9 Å². The topological polar surface area (TPSA) is 96.0 Å². The third-order valence-corrected chi connectivity index (χ3v) is 8.29. The summed E-state index contributed by atoms with van der Waals surface area (Å²) in [4.78, 5) is 36.5. The van der Waals surface area contributed by atoms with Gasteiger partial charge in [0, 0.05) is 18.8 Å². The second-order valence-electron chi connectivity index (χ2n) is 10.1. The van der Waals surface area contributed by atoms with Gasteiger partial charge < -0.3 is 25.0 Å². The molecule has 0 spiro atoms. The number of thiophene rings is 1. The van der Waals surface area contributed by atoms with Crippen LogP contribution in [0.3, 0.4) is 0 Å². The van der Waals surface area contributed by atoms with Gasteiger partial charge in [-0.3, -0.25) is 9.69 Å². The zero-order valence-electron chi connectivity index (χ0n) is 22.7. The van der Waals surface area contributed by atoms with Gasteiger partial charge in [-0.25, -0.2) is 9.78 Å². The van der Waals surface area contributed by atoms with E-state index in [0.29, 0.717) is 50.6 Å². The number of carbonyl (C=O) groups excluding carboxylic acids is 2. The first kappa shape index (κ1) is 26.1. The molecule has 4 heterocycles. The summed E-state index contributed by atoms with van der Waals surface area (Å²) in [5.74, 6) is 1.75. The molecule has 3 amide bonds. The van der Waals surface area contributed by atoms with Gasteiger partial charge in [0.05, 0.1) is 29.1 Å². The lowest BCUT2D eigenvalue weighted by molar-refractivity contribution is 0.0917. The number of piperidine rings is 1. The number of hydrogen-bond donors (Lipinski definition) is 2. The number of pyridine rings is 1. The molecule has 0 aliphatic carbocycles. The van der Waals surface area contributed by atoms with Crippen LogP contribution in [0.1, 0.15) is 35.0 Å². The Balaban J connectivity index is 1.31. The molecule has 4 aromatic rings. The molecular weight excluding hydrogens is 526 g/mol. The van der Waals surface area contributed by atoms with E-state index in [1.165, 1.54) is 11.3 Å². The Bertz CT molecular complexity index is 1600. The van der Waals surface area contributed by atoms with Crippen molar-refractivity contribution < 1.29 is 19.1 Å². The van der Waals surface area contributed by atoms with E-state index >= 15 is 0 Å². The number of amides is 3. The van der Waals surface area contributed by atoms with Crippen molar-refractivity contribution in [3.63, 3.8) is 0 Å². The normalized spacial score (nSPS) is 17.0. The standard InChI is InChI=1S/C30H31N5O4S/c1-4-38-23-9-5-6-10-24(23)39-20-11-12-21(18(2)16-20)35-22-13-14-31-29-25(22)26(33-30(35)37)27(40-29)28(36)32-19-8-7-15-34(3)17-19/h5-6,9-14,16,19H,4,7-8,15,17H2,1-3H3,(H,32,36)(H,33,37)/t19-/m1/s1. The number of nitrogens with one attached hydrogen (secondary N) is 2. The van der Waals surface area contributed by atoms with Gasteiger partial charge in [-0.05, 0) is 82.2 Å². The van der Waals surface area contributed by atoms with Crippen molar-refractivity contribution >= 4 is 50.6 Å². The molecule has 2 aliphatic heterocycles. The van der Waals surface area contributed by atoms with Gasteiger partial charge in [0.2, 0.25) is 0 Å². The number of benzene rings is 2. The van der Waals surface area contributed by atoms with Crippen molar-refractivity contribution in [3.05, 3.63) is 65.2 Å². The Labute approximate surface area is 236 Å². The highest BCUT2D eigenvalue weighted by Crippen LogP contribution is 2.46. The van der Waals surface area contributed by atoms with E-state index in [2.05, 4.69) is 27.6 Å². The lowest BCUT2D eigenvalue weighted by Gasteiger charge is -2.31. The molecule has 1 saturated heterocycles. The SMILES string of the molecule is CCOc1ccccc1Oc1ccc(N2C(=O)Nc3c(C(=O)N[C@@H]4CCCN(C)C4)sc4nccc2c34)c(C)c1. The zero-order chi connectivity index (χ0) is 27.8. The summed E-state index contributed by atoms with van der Waals surface area (Å²) in [6.07, 6.45) is 3.66. The Morgan fingerprint density at radius 2 is 2.00 bits per heavy atom. The van der Waals surface area contributed by atoms with Crippen LogP contribution in [0.25, 0.3) is 10.2 Å². The van der Waals surface area contributed by atoms with E-state index in [9.17, 15) is 9.59 Å². The highest BCUT2D eigenvalue weighted by molar-refractivity contribution is 7.21. The number of nitrogens with zero attached hydrogens (tertiary/aromatic N) is 3. The number of aromatic nitrogens is 1. The van der Waals surface area contributed by atoms with E-state index in [0.717, 1.165) is 36.9 Å². The first-order valence-electron chi connectivity index (χ1n) is 13.4. The summed E-state index contributed by atoms with van der Waals surface area (Å²) >= 11 is 1.30. The van der Waals surface area contributed by atoms with Gasteiger partial charge in [-0.15, -0.1) is 11.3 Å². The number of ether oxygens (including phenoxy) is 2. The van der Waals surface area contributed by atoms with Gasteiger partial charge in [-0.2, -0.15) is 0 Å². The number of anilines is 3. The average molecular weight is 558 g/mol. The van der Waals surface area contributed by atoms with E-state index in [4.69, 9.17) is 9.47 Å². The maximum atomic E-state index is 13.6. The predicted molar refractivity (Wildman–Crippen MR) is 158 cm³/mol. The number of urea groups is 1. The fraction of sp³-hybridized carbons (Fsp3) is 0.300. The monoisotopic (exact) mass is 557 g/mol. The predicted octanol–water partition coefficient (Wildman–Crippen LogP) is 6.30. The van der Waals surface area contributed by atoms with Crippen molar-refractivity contribution in [2.24, 2.45) is 0 Å². The molecule has 0 radical (unpaired) electrons. The number of para-hydroxylation sites is 2. The molecule has 9 nitrogen and oxygen atoms in total. The summed E-state index contributed by atoms with van der Waals surface area (Å²) in [5, 5.41) is 6.92. The Hall–Kier alpha value is -4.15. The minimum Gasteiger partial charge on any atom is -0.490 e. The van der Waals surface area contributed by atoms with Gasteiger partial charge in [-0.1, -0.05) is 12.1 Å². The Morgan fingerprint density at radius 3 is 2.77 bits per heavy atom. The molecule has 2 aromatic heterocycles. The zero-order valence-corrected chi connectivity index (χ0v) is 23.5. The quantitative estimate of drug-likeness (QED) is 0.277. The largest absolute Gasteiger partial charge is 0.490 e. The fourth-order valence-electron chi connectivity index (χ4n) is 5.40. The lowest BCUT2D eigenvalue weighted by atomic mass is 10.1. The molecule has 0 bridgehead atoms. The van der Waals surface area contributed by atoms with Gasteiger partial charge in [0.1, 0.15) is 15.5 Å². The molecule has 40 heavy (non-hydrogen) atoms. The van der Waals surface area contributed by atoms with E-state index in [-0.39, 0.29) is 18.0 Å². The maximum absolute atomic E-state index is 13.6. The molecule has 206 valence electrons. The minimum absolute atomic E-state index is 0.0794. The second-order valence-corrected chi connectivity index (χ2v) is 11.1. The van der Waals surface area contributed by atoms with Crippen LogP contribution in [0, 0.1) is 6.92 Å². The van der Waals surface area contributed by atoms with Crippen molar-refractivity contribution in [2.75, 3.05) is 37.0 Å². The van der Waals surface area contributed by atoms with Crippen LogP contribution < -0.4 is 25.0 Å². The van der Waals surface area contributed by atoms with Crippen LogP contribution in [0.5, 0.6) is 17.2 Å². The summed E-state index contributed by atoms with van der Waals surface area (Å²) in [6.45, 7) is 6.25. The molecule has 10 heteroatoms. The highest BCUT2D eigenvalue weighted by Gasteiger charge is 2.34. The van der Waals surface area contributed by atoms with Crippen LogP contribution in [0.2, 0.25) is 0 Å².